The molecule has 1 heterocycles. The standard InChI is InChI=1S/C12H12ClN3O2/c1-17-6-8-3-2-4-9(5-8)18-12-10(14)11(13)15-7-16-12/h2-5,7H,6,14H2,1H3. The molecular weight excluding hydrogens is 254 g/mol. The van der Waals surface area contributed by atoms with E-state index in [1.807, 2.05) is 18.2 Å². The minimum Gasteiger partial charge on any atom is -0.437 e. The number of rotatable bonds is 4. The van der Waals surface area contributed by atoms with Crippen LogP contribution in [-0.4, -0.2) is 17.1 Å². The lowest BCUT2D eigenvalue weighted by atomic mass is 10.2. The van der Waals surface area contributed by atoms with E-state index in [1.54, 1.807) is 13.2 Å². The molecule has 0 spiro atoms. The van der Waals surface area contributed by atoms with Gasteiger partial charge in [0.25, 0.3) is 0 Å². The third-order valence-corrected chi connectivity index (χ3v) is 2.52. The summed E-state index contributed by atoms with van der Waals surface area (Å²) in [6.07, 6.45) is 1.30. The molecule has 0 saturated carbocycles. The summed E-state index contributed by atoms with van der Waals surface area (Å²) in [5.74, 6) is 0.857. The number of anilines is 1. The van der Waals surface area contributed by atoms with Gasteiger partial charge in [-0.25, -0.2) is 4.98 Å². The number of hydrogen-bond donors (Lipinski definition) is 1. The zero-order valence-corrected chi connectivity index (χ0v) is 10.5. The van der Waals surface area contributed by atoms with E-state index in [0.717, 1.165) is 5.56 Å². The van der Waals surface area contributed by atoms with E-state index in [1.165, 1.54) is 6.33 Å². The largest absolute Gasteiger partial charge is 0.437 e. The Morgan fingerprint density at radius 3 is 2.94 bits per heavy atom. The van der Waals surface area contributed by atoms with Crippen LogP contribution < -0.4 is 10.5 Å². The van der Waals surface area contributed by atoms with E-state index in [0.29, 0.717) is 12.4 Å². The summed E-state index contributed by atoms with van der Waals surface area (Å²) in [7, 11) is 1.63. The molecule has 0 amide bonds. The van der Waals surface area contributed by atoms with Gasteiger partial charge < -0.3 is 15.2 Å². The first-order valence-electron chi connectivity index (χ1n) is 5.22. The van der Waals surface area contributed by atoms with Gasteiger partial charge in [0.15, 0.2) is 5.15 Å². The van der Waals surface area contributed by atoms with Crippen LogP contribution in [0.5, 0.6) is 11.6 Å². The minimum absolute atomic E-state index is 0.174. The van der Waals surface area contributed by atoms with Crippen molar-refractivity contribution in [3.8, 4) is 11.6 Å². The second kappa shape index (κ2) is 5.66. The lowest BCUT2D eigenvalue weighted by molar-refractivity contribution is 0.184. The highest BCUT2D eigenvalue weighted by atomic mass is 35.5. The van der Waals surface area contributed by atoms with Crippen molar-refractivity contribution in [2.45, 2.75) is 6.61 Å². The Morgan fingerprint density at radius 1 is 1.33 bits per heavy atom. The van der Waals surface area contributed by atoms with E-state index in [9.17, 15) is 0 Å². The van der Waals surface area contributed by atoms with Crippen LogP contribution >= 0.6 is 11.6 Å². The molecular formula is C12H12ClN3O2. The Kier molecular flexibility index (Phi) is 3.96. The van der Waals surface area contributed by atoms with Gasteiger partial charge >= 0.3 is 0 Å². The molecule has 0 fully saturated rings. The minimum atomic E-state index is 0.174. The van der Waals surface area contributed by atoms with Gasteiger partial charge in [0.1, 0.15) is 17.8 Å². The van der Waals surface area contributed by atoms with Crippen molar-refractivity contribution in [1.29, 1.82) is 0 Å². The number of nitrogens with two attached hydrogens (primary N) is 1. The fourth-order valence-corrected chi connectivity index (χ4v) is 1.54. The van der Waals surface area contributed by atoms with Gasteiger partial charge in [-0.1, -0.05) is 23.7 Å². The first kappa shape index (κ1) is 12.6. The highest BCUT2D eigenvalue weighted by molar-refractivity contribution is 6.32. The lowest BCUT2D eigenvalue weighted by Crippen LogP contribution is -1.98. The monoisotopic (exact) mass is 265 g/mol. The molecule has 1 aromatic heterocycles. The Bertz CT molecular complexity index is 549. The lowest BCUT2D eigenvalue weighted by Gasteiger charge is -2.08. The van der Waals surface area contributed by atoms with Gasteiger partial charge in [-0.2, -0.15) is 4.98 Å². The van der Waals surface area contributed by atoms with Gasteiger partial charge in [0.2, 0.25) is 5.88 Å². The molecule has 0 aliphatic carbocycles. The van der Waals surface area contributed by atoms with Crippen molar-refractivity contribution < 1.29 is 9.47 Å². The Balaban J connectivity index is 2.23. The van der Waals surface area contributed by atoms with E-state index < -0.39 is 0 Å². The maximum absolute atomic E-state index is 5.78. The van der Waals surface area contributed by atoms with Crippen LogP contribution in [0.1, 0.15) is 5.56 Å². The molecule has 1 aromatic carbocycles. The van der Waals surface area contributed by atoms with Crippen LogP contribution in [0.3, 0.4) is 0 Å². The SMILES string of the molecule is COCc1cccc(Oc2ncnc(Cl)c2N)c1. The summed E-state index contributed by atoms with van der Waals surface area (Å²) in [4.78, 5) is 7.69. The topological polar surface area (TPSA) is 70.3 Å². The third-order valence-electron chi connectivity index (χ3n) is 2.22. The van der Waals surface area contributed by atoms with Crippen LogP contribution in [0.4, 0.5) is 5.69 Å². The first-order chi connectivity index (χ1) is 8.70. The first-order valence-corrected chi connectivity index (χ1v) is 5.60. The molecule has 0 aliphatic rings. The molecule has 0 bridgehead atoms. The molecule has 2 aromatic rings. The van der Waals surface area contributed by atoms with Gasteiger partial charge in [-0.3, -0.25) is 0 Å². The van der Waals surface area contributed by atoms with Gasteiger partial charge in [0, 0.05) is 7.11 Å². The summed E-state index contributed by atoms with van der Waals surface area (Å²) in [6, 6.07) is 7.45. The molecule has 0 saturated heterocycles. The van der Waals surface area contributed by atoms with Crippen LogP contribution in [-0.2, 0) is 11.3 Å². The second-order valence-electron chi connectivity index (χ2n) is 3.57. The molecule has 2 rings (SSSR count). The zero-order valence-electron chi connectivity index (χ0n) is 9.76. The number of halogens is 1. The fraction of sp³-hybridized carbons (Fsp3) is 0.167. The number of nitrogen functional groups attached to an aromatic ring is 1. The van der Waals surface area contributed by atoms with E-state index in [-0.39, 0.29) is 16.7 Å². The van der Waals surface area contributed by atoms with E-state index in [2.05, 4.69) is 9.97 Å². The quantitative estimate of drug-likeness (QED) is 0.861. The van der Waals surface area contributed by atoms with Crippen molar-refractivity contribution in [1.82, 2.24) is 9.97 Å². The molecule has 0 unspecified atom stereocenters. The average Bonchev–Trinajstić information content (AvgIpc) is 2.36. The molecule has 18 heavy (non-hydrogen) atoms. The van der Waals surface area contributed by atoms with Crippen molar-refractivity contribution >= 4 is 17.3 Å². The summed E-state index contributed by atoms with van der Waals surface area (Å²) >= 11 is 5.78. The number of benzene rings is 1. The van der Waals surface area contributed by atoms with E-state index >= 15 is 0 Å². The third kappa shape index (κ3) is 2.88. The van der Waals surface area contributed by atoms with Crippen molar-refractivity contribution in [3.05, 3.63) is 41.3 Å². The van der Waals surface area contributed by atoms with Crippen molar-refractivity contribution in [3.63, 3.8) is 0 Å². The molecule has 0 atom stereocenters. The number of hydrogen-bond acceptors (Lipinski definition) is 5. The predicted molar refractivity (Wildman–Crippen MR) is 68.7 cm³/mol. The normalized spacial score (nSPS) is 10.3. The van der Waals surface area contributed by atoms with Gasteiger partial charge in [0.05, 0.1) is 6.61 Å². The summed E-state index contributed by atoms with van der Waals surface area (Å²) in [5, 5.41) is 0.174. The smallest absolute Gasteiger partial charge is 0.247 e. The van der Waals surface area contributed by atoms with Crippen LogP contribution in [0.25, 0.3) is 0 Å². The highest BCUT2D eigenvalue weighted by Gasteiger charge is 2.08. The number of methoxy groups -OCH3 is 1. The molecule has 2 N–H and O–H groups in total. The van der Waals surface area contributed by atoms with Crippen molar-refractivity contribution in [2.24, 2.45) is 0 Å². The predicted octanol–water partition coefficient (Wildman–Crippen LogP) is 2.65. The van der Waals surface area contributed by atoms with E-state index in [4.69, 9.17) is 26.8 Å². The Morgan fingerprint density at radius 2 is 2.17 bits per heavy atom. The highest BCUT2D eigenvalue weighted by Crippen LogP contribution is 2.29. The van der Waals surface area contributed by atoms with Crippen LogP contribution in [0.2, 0.25) is 5.15 Å². The molecule has 0 aliphatic heterocycles. The van der Waals surface area contributed by atoms with Gasteiger partial charge in [-0.15, -0.1) is 0 Å². The number of ether oxygens (including phenoxy) is 2. The molecule has 5 nitrogen and oxygen atoms in total. The maximum Gasteiger partial charge on any atom is 0.247 e. The zero-order chi connectivity index (χ0) is 13.0. The number of aromatic nitrogens is 2. The van der Waals surface area contributed by atoms with Crippen molar-refractivity contribution in [2.75, 3.05) is 12.8 Å². The second-order valence-corrected chi connectivity index (χ2v) is 3.92. The number of nitrogens with zero attached hydrogens (tertiary/aromatic N) is 2. The fourth-order valence-electron chi connectivity index (χ4n) is 1.42. The molecule has 0 radical (unpaired) electrons. The summed E-state index contributed by atoms with van der Waals surface area (Å²) in [6.45, 7) is 0.511. The Hall–Kier alpha value is -1.85. The molecule has 94 valence electrons. The summed E-state index contributed by atoms with van der Waals surface area (Å²) in [5.41, 5.74) is 6.93. The average molecular weight is 266 g/mol. The van der Waals surface area contributed by atoms with Crippen LogP contribution in [0.15, 0.2) is 30.6 Å². The summed E-state index contributed by atoms with van der Waals surface area (Å²) < 4.78 is 10.6. The maximum atomic E-state index is 5.78. The van der Waals surface area contributed by atoms with Crippen LogP contribution in [0, 0.1) is 0 Å². The van der Waals surface area contributed by atoms with Gasteiger partial charge in [-0.05, 0) is 17.7 Å². The Labute approximate surface area is 110 Å². The molecule has 6 heteroatoms.